The number of aryl methyl sites for hydroxylation is 2. The van der Waals surface area contributed by atoms with Crippen LogP contribution < -0.4 is 21.5 Å². The highest BCUT2D eigenvalue weighted by Crippen LogP contribution is 2.35. The number of unbranched alkanes of at least 4 members (excludes halogenated alkanes) is 1. The molecule has 4 aromatic rings. The van der Waals surface area contributed by atoms with Crippen LogP contribution in [-0.2, 0) is 13.0 Å². The summed E-state index contributed by atoms with van der Waals surface area (Å²) in [7, 11) is 0. The van der Waals surface area contributed by atoms with Gasteiger partial charge in [-0.1, -0.05) is 90.4 Å². The Hall–Kier alpha value is -3.97. The lowest BCUT2D eigenvalue weighted by molar-refractivity contribution is 0.262. The number of hydrogen-bond donors (Lipinski definition) is 3. The topological polar surface area (TPSA) is 88.0 Å². The van der Waals surface area contributed by atoms with Crippen LogP contribution in [0.1, 0.15) is 103 Å². The fraction of sp³-hybridized carbons (Fsp3) is 0.447. The summed E-state index contributed by atoms with van der Waals surface area (Å²) in [6, 6.07) is 17.9. The van der Waals surface area contributed by atoms with E-state index < -0.39 is 6.03 Å². The van der Waals surface area contributed by atoms with Gasteiger partial charge in [0.25, 0.3) is 5.56 Å². The number of fused-ring (bicyclic) bond motifs is 1. The average Bonchev–Trinajstić information content (AvgIpc) is 3.00. The summed E-state index contributed by atoms with van der Waals surface area (Å²) in [6.07, 6.45) is 5.33. The number of rotatable bonds is 13. The summed E-state index contributed by atoms with van der Waals surface area (Å²) in [5.41, 5.74) is 6.33. The number of urea groups is 1. The van der Waals surface area contributed by atoms with Crippen molar-refractivity contribution in [1.29, 1.82) is 0 Å². The molecule has 0 aliphatic carbocycles. The number of amides is 2. The van der Waals surface area contributed by atoms with E-state index in [9.17, 15) is 9.59 Å². The van der Waals surface area contributed by atoms with E-state index in [4.69, 9.17) is 0 Å². The third kappa shape index (κ3) is 8.01. The highest BCUT2D eigenvalue weighted by Gasteiger charge is 2.23. The quantitative estimate of drug-likeness (QED) is 0.141. The Morgan fingerprint density at radius 3 is 2.22 bits per heavy atom. The first-order valence-electron chi connectivity index (χ1n) is 16.5. The van der Waals surface area contributed by atoms with Gasteiger partial charge in [0, 0.05) is 34.9 Å². The van der Waals surface area contributed by atoms with E-state index in [2.05, 4.69) is 101 Å². The van der Waals surface area contributed by atoms with Crippen LogP contribution in [0.5, 0.6) is 0 Å². The van der Waals surface area contributed by atoms with Crippen LogP contribution in [0.25, 0.3) is 22.2 Å². The van der Waals surface area contributed by atoms with Gasteiger partial charge < -0.3 is 16.0 Å². The van der Waals surface area contributed by atoms with Crippen molar-refractivity contribution in [3.8, 4) is 11.1 Å². The molecule has 4 rings (SSSR count). The second kappa shape index (κ2) is 14.9. The molecule has 2 aromatic heterocycles. The van der Waals surface area contributed by atoms with E-state index in [1.165, 1.54) is 5.56 Å². The van der Waals surface area contributed by atoms with Crippen molar-refractivity contribution in [2.24, 2.45) is 0 Å². The molecular weight excluding hydrogens is 558 g/mol. The lowest BCUT2D eigenvalue weighted by Gasteiger charge is -2.26. The predicted molar refractivity (Wildman–Crippen MR) is 190 cm³/mol. The predicted octanol–water partition coefficient (Wildman–Crippen LogP) is 9.08. The molecule has 0 aliphatic rings. The van der Waals surface area contributed by atoms with Crippen LogP contribution in [0.2, 0.25) is 0 Å². The molecule has 45 heavy (non-hydrogen) atoms. The molecule has 0 saturated heterocycles. The molecule has 0 atom stereocenters. The summed E-state index contributed by atoms with van der Waals surface area (Å²) >= 11 is 0. The molecule has 7 heteroatoms. The van der Waals surface area contributed by atoms with Crippen molar-refractivity contribution in [3.05, 3.63) is 87.8 Å². The maximum absolute atomic E-state index is 14.3. The minimum absolute atomic E-state index is 0.00699. The summed E-state index contributed by atoms with van der Waals surface area (Å²) in [4.78, 5) is 32.9. The minimum Gasteiger partial charge on any atom is -0.312 e. The lowest BCUT2D eigenvalue weighted by Crippen LogP contribution is -2.39. The summed E-state index contributed by atoms with van der Waals surface area (Å²) in [6.45, 7) is 18.6. The summed E-state index contributed by atoms with van der Waals surface area (Å²) in [5.74, 6) is 0.431. The van der Waals surface area contributed by atoms with Crippen molar-refractivity contribution in [1.82, 2.24) is 14.9 Å². The van der Waals surface area contributed by atoms with E-state index in [0.29, 0.717) is 17.8 Å². The maximum Gasteiger partial charge on any atom is 0.323 e. The van der Waals surface area contributed by atoms with Crippen molar-refractivity contribution in [2.75, 3.05) is 17.2 Å². The summed E-state index contributed by atoms with van der Waals surface area (Å²) in [5, 5.41) is 10.6. The van der Waals surface area contributed by atoms with E-state index in [1.54, 1.807) is 10.8 Å². The Balaban J connectivity index is 1.85. The van der Waals surface area contributed by atoms with Gasteiger partial charge in [-0.05, 0) is 85.9 Å². The third-order valence-corrected chi connectivity index (χ3v) is 8.52. The van der Waals surface area contributed by atoms with Crippen LogP contribution in [0.4, 0.5) is 16.2 Å². The zero-order valence-electron chi connectivity index (χ0n) is 28.4. The average molecular weight is 610 g/mol. The monoisotopic (exact) mass is 609 g/mol. The normalized spacial score (nSPS) is 11.9. The van der Waals surface area contributed by atoms with Crippen LogP contribution in [0, 0.1) is 0 Å². The molecule has 0 fully saturated rings. The zero-order valence-corrected chi connectivity index (χ0v) is 28.4. The first kappa shape index (κ1) is 33.9. The Morgan fingerprint density at radius 2 is 1.58 bits per heavy atom. The molecule has 2 heterocycles. The lowest BCUT2D eigenvalue weighted by atomic mass is 9.92. The molecule has 2 amide bonds. The van der Waals surface area contributed by atoms with Gasteiger partial charge in [-0.15, -0.1) is 0 Å². The number of nitrogens with one attached hydrogen (secondary N) is 3. The van der Waals surface area contributed by atoms with E-state index >= 15 is 0 Å². The Bertz CT molecular complexity index is 1660. The Kier molecular flexibility index (Phi) is 11.2. The van der Waals surface area contributed by atoms with Crippen molar-refractivity contribution in [3.63, 3.8) is 0 Å². The molecule has 0 spiro atoms. The number of anilines is 2. The van der Waals surface area contributed by atoms with Gasteiger partial charge in [0.15, 0.2) is 0 Å². The van der Waals surface area contributed by atoms with Gasteiger partial charge in [-0.3, -0.25) is 9.36 Å². The number of carbonyl (C=O) groups is 1. The SMILES string of the molecule is CCCCn1c(=O)c(NC(=O)Nc2c(C(C)C)cccc2C(C)C)c(-c2cccc(CCC(C)(C)NCC)c2)c2cccnc21. The van der Waals surface area contributed by atoms with Crippen molar-refractivity contribution in [2.45, 2.75) is 105 Å². The second-order valence-electron chi connectivity index (χ2n) is 13.2. The highest BCUT2D eigenvalue weighted by atomic mass is 16.2. The number of aromatic nitrogens is 2. The number of benzene rings is 2. The maximum atomic E-state index is 14.3. The molecule has 240 valence electrons. The first-order valence-corrected chi connectivity index (χ1v) is 16.5. The molecule has 2 aromatic carbocycles. The van der Waals surface area contributed by atoms with Gasteiger partial charge in [0.05, 0.1) is 0 Å². The zero-order chi connectivity index (χ0) is 32.7. The fourth-order valence-electron chi connectivity index (χ4n) is 6.08. The van der Waals surface area contributed by atoms with Gasteiger partial charge in [0.2, 0.25) is 0 Å². The number of pyridine rings is 2. The van der Waals surface area contributed by atoms with Crippen molar-refractivity contribution >= 4 is 28.4 Å². The number of nitrogens with zero attached hydrogens (tertiary/aromatic N) is 2. The van der Waals surface area contributed by atoms with Crippen LogP contribution in [-0.4, -0.2) is 27.7 Å². The van der Waals surface area contributed by atoms with E-state index in [0.717, 1.165) is 60.0 Å². The molecule has 0 saturated carbocycles. The Labute approximate surface area is 268 Å². The van der Waals surface area contributed by atoms with Gasteiger partial charge in [-0.2, -0.15) is 0 Å². The first-order chi connectivity index (χ1) is 21.5. The second-order valence-corrected chi connectivity index (χ2v) is 13.2. The molecule has 7 nitrogen and oxygen atoms in total. The van der Waals surface area contributed by atoms with E-state index in [1.807, 2.05) is 30.3 Å². The molecule has 0 radical (unpaired) electrons. The number of carbonyl (C=O) groups excluding carboxylic acids is 1. The molecule has 0 bridgehead atoms. The standard InChI is InChI=1S/C38H51N5O2/c1-9-11-23-43-35-31(19-14-22-39-35)32(28-16-12-15-27(24-28)20-21-38(7,8)40-10-2)34(36(43)44)42-37(45)41-33-29(25(3)4)17-13-18-30(33)26(5)6/h12-19,22,24-26,40H,9-11,20-21,23H2,1-8H3,(H2,41,42,45). The molecule has 0 unspecified atom stereocenters. The van der Waals surface area contributed by atoms with Gasteiger partial charge in [0.1, 0.15) is 11.3 Å². The molecular formula is C38H51N5O2. The smallest absolute Gasteiger partial charge is 0.312 e. The molecule has 0 aliphatic heterocycles. The van der Waals surface area contributed by atoms with Crippen LogP contribution in [0.15, 0.2) is 65.6 Å². The third-order valence-electron chi connectivity index (χ3n) is 8.52. The fourth-order valence-corrected chi connectivity index (χ4v) is 6.08. The van der Waals surface area contributed by atoms with Gasteiger partial charge >= 0.3 is 6.03 Å². The Morgan fingerprint density at radius 1 is 0.911 bits per heavy atom. The molecule has 3 N–H and O–H groups in total. The minimum atomic E-state index is -0.433. The van der Waals surface area contributed by atoms with E-state index in [-0.39, 0.29) is 28.6 Å². The van der Waals surface area contributed by atoms with Crippen LogP contribution >= 0.6 is 0 Å². The summed E-state index contributed by atoms with van der Waals surface area (Å²) < 4.78 is 1.71. The highest BCUT2D eigenvalue weighted by molar-refractivity contribution is 6.07. The number of para-hydroxylation sites is 1. The van der Waals surface area contributed by atoms with Crippen LogP contribution in [0.3, 0.4) is 0 Å². The van der Waals surface area contributed by atoms with Crippen molar-refractivity contribution < 1.29 is 4.79 Å². The largest absolute Gasteiger partial charge is 0.323 e. The number of hydrogen-bond acceptors (Lipinski definition) is 4. The van der Waals surface area contributed by atoms with Gasteiger partial charge in [-0.25, -0.2) is 9.78 Å².